The van der Waals surface area contributed by atoms with Crippen molar-refractivity contribution in [1.29, 1.82) is 0 Å². The smallest absolute Gasteiger partial charge is 0.228 e. The molecule has 1 fully saturated rings. The zero-order valence-corrected chi connectivity index (χ0v) is 18.0. The normalized spacial score (nSPS) is 21.3. The second-order valence-corrected chi connectivity index (χ2v) is 8.64. The van der Waals surface area contributed by atoms with Gasteiger partial charge in [-0.2, -0.15) is 0 Å². The molecule has 0 amide bonds. The summed E-state index contributed by atoms with van der Waals surface area (Å²) >= 11 is 3.60. The Morgan fingerprint density at radius 3 is 2.44 bits per heavy atom. The summed E-state index contributed by atoms with van der Waals surface area (Å²) in [4.78, 5) is 11.3. The van der Waals surface area contributed by atoms with E-state index in [0.29, 0.717) is 11.9 Å². The molecule has 1 saturated carbocycles. The molecule has 0 saturated heterocycles. The molecule has 4 nitrogen and oxygen atoms in total. The van der Waals surface area contributed by atoms with Crippen LogP contribution in [0.2, 0.25) is 0 Å². The summed E-state index contributed by atoms with van der Waals surface area (Å²) in [6.45, 7) is 10.9. The second-order valence-electron chi connectivity index (χ2n) is 7.78. The molecule has 0 aliphatic heterocycles. The van der Waals surface area contributed by atoms with Gasteiger partial charge in [-0.05, 0) is 80.3 Å². The molecule has 0 unspecified atom stereocenters. The first-order valence-corrected chi connectivity index (χ1v) is 10.2. The van der Waals surface area contributed by atoms with E-state index in [4.69, 9.17) is 4.74 Å². The van der Waals surface area contributed by atoms with E-state index in [1.165, 1.54) is 12.8 Å². The molecule has 1 aromatic heterocycles. The fraction of sp³-hybridized carbons (Fsp3) is 0.700. The molecule has 140 valence electrons. The van der Waals surface area contributed by atoms with Gasteiger partial charge < -0.3 is 9.64 Å². The Labute approximate surface area is 161 Å². The Balaban J connectivity index is 2.02. The zero-order chi connectivity index (χ0) is 18.6. The van der Waals surface area contributed by atoms with E-state index in [1.807, 2.05) is 26.4 Å². The van der Waals surface area contributed by atoms with Crippen molar-refractivity contribution in [3.05, 3.63) is 16.2 Å². The Bertz CT molecular complexity index is 593. The number of hydrogen-bond donors (Lipinski definition) is 0. The van der Waals surface area contributed by atoms with Crippen LogP contribution in [0.4, 0.5) is 5.69 Å². The van der Waals surface area contributed by atoms with Crippen LogP contribution in [0.5, 0.6) is 5.88 Å². The van der Waals surface area contributed by atoms with E-state index in [1.54, 1.807) is 0 Å². The Kier molecular flexibility index (Phi) is 7.29. The topological polar surface area (TPSA) is 37.7 Å². The maximum atomic E-state index is 6.19. The minimum Gasteiger partial charge on any atom is -0.474 e. The number of aryl methyl sites for hydroxylation is 1. The highest BCUT2D eigenvalue weighted by Crippen LogP contribution is 2.35. The van der Waals surface area contributed by atoms with Gasteiger partial charge in [0.2, 0.25) is 5.88 Å². The average Bonchev–Trinajstić information content (AvgIpc) is 2.56. The molecule has 0 bridgehead atoms. The molecule has 0 N–H and O–H groups in total. The van der Waals surface area contributed by atoms with Crippen LogP contribution in [-0.2, 0) is 0 Å². The number of aliphatic imine (C=N–C) groups is 1. The highest BCUT2D eigenvalue weighted by molar-refractivity contribution is 9.10. The van der Waals surface area contributed by atoms with Gasteiger partial charge in [0, 0.05) is 13.1 Å². The maximum absolute atomic E-state index is 6.19. The van der Waals surface area contributed by atoms with E-state index in [2.05, 4.69) is 58.5 Å². The van der Waals surface area contributed by atoms with Crippen molar-refractivity contribution in [2.75, 3.05) is 7.05 Å². The molecule has 1 heterocycles. The van der Waals surface area contributed by atoms with Gasteiger partial charge in [-0.15, -0.1) is 0 Å². The SMILES string of the molecule is Cc1nc(OC2CCC(C(C)C)CC2)c(Br)cc1N=CN(C)C(C)C. The van der Waals surface area contributed by atoms with Crippen LogP contribution in [-0.4, -0.2) is 35.4 Å². The van der Waals surface area contributed by atoms with Gasteiger partial charge in [-0.3, -0.25) is 0 Å². The van der Waals surface area contributed by atoms with Gasteiger partial charge >= 0.3 is 0 Å². The lowest BCUT2D eigenvalue weighted by molar-refractivity contribution is 0.111. The van der Waals surface area contributed by atoms with Gasteiger partial charge in [-0.25, -0.2) is 9.98 Å². The summed E-state index contributed by atoms with van der Waals surface area (Å²) in [5, 5.41) is 0. The number of aromatic nitrogens is 1. The zero-order valence-electron chi connectivity index (χ0n) is 16.4. The van der Waals surface area contributed by atoms with Crippen molar-refractivity contribution in [2.45, 2.75) is 72.4 Å². The summed E-state index contributed by atoms with van der Waals surface area (Å²) in [5.74, 6) is 2.31. The molecule has 1 aliphatic rings. The van der Waals surface area contributed by atoms with Crippen LogP contribution in [0.3, 0.4) is 0 Å². The molecule has 0 atom stereocenters. The lowest BCUT2D eigenvalue weighted by atomic mass is 9.80. The first-order valence-electron chi connectivity index (χ1n) is 9.37. The summed E-state index contributed by atoms with van der Waals surface area (Å²) in [6.07, 6.45) is 6.88. The number of hydrogen-bond acceptors (Lipinski definition) is 3. The summed E-state index contributed by atoms with van der Waals surface area (Å²) in [6, 6.07) is 2.42. The third kappa shape index (κ3) is 5.70. The Morgan fingerprint density at radius 2 is 1.88 bits per heavy atom. The number of ether oxygens (including phenoxy) is 1. The van der Waals surface area contributed by atoms with Crippen LogP contribution < -0.4 is 4.74 Å². The van der Waals surface area contributed by atoms with Crippen molar-refractivity contribution < 1.29 is 4.74 Å². The van der Waals surface area contributed by atoms with Crippen LogP contribution in [0.25, 0.3) is 0 Å². The third-order valence-corrected chi connectivity index (χ3v) is 5.81. The van der Waals surface area contributed by atoms with Crippen molar-refractivity contribution in [3.8, 4) is 5.88 Å². The molecule has 0 radical (unpaired) electrons. The molecule has 5 heteroatoms. The fourth-order valence-corrected chi connectivity index (χ4v) is 3.48. The summed E-state index contributed by atoms with van der Waals surface area (Å²) < 4.78 is 7.07. The van der Waals surface area contributed by atoms with E-state index in [9.17, 15) is 0 Å². The highest BCUT2D eigenvalue weighted by atomic mass is 79.9. The lowest BCUT2D eigenvalue weighted by Crippen LogP contribution is -2.26. The van der Waals surface area contributed by atoms with Crippen molar-refractivity contribution >= 4 is 28.0 Å². The number of rotatable bonds is 6. The number of halogens is 1. The van der Waals surface area contributed by atoms with E-state index in [0.717, 1.165) is 40.5 Å². The standard InChI is InChI=1S/C20H32BrN3O/c1-13(2)16-7-9-17(10-8-16)25-20-18(21)11-19(15(5)23-20)22-12-24(6)14(3)4/h11-14,16-17H,7-10H2,1-6H3. The number of pyridine rings is 1. The monoisotopic (exact) mass is 409 g/mol. The first-order chi connectivity index (χ1) is 11.8. The predicted octanol–water partition coefficient (Wildman–Crippen LogP) is 5.75. The Morgan fingerprint density at radius 1 is 1.24 bits per heavy atom. The molecule has 1 aromatic rings. The van der Waals surface area contributed by atoms with Gasteiger partial charge in [0.05, 0.1) is 22.2 Å². The van der Waals surface area contributed by atoms with Gasteiger partial charge in [-0.1, -0.05) is 13.8 Å². The molecular formula is C20H32BrN3O. The molecule has 0 aromatic carbocycles. The largest absolute Gasteiger partial charge is 0.474 e. The highest BCUT2D eigenvalue weighted by Gasteiger charge is 2.25. The van der Waals surface area contributed by atoms with Crippen LogP contribution in [0.1, 0.15) is 59.1 Å². The van der Waals surface area contributed by atoms with Gasteiger partial charge in [0.15, 0.2) is 0 Å². The quantitative estimate of drug-likeness (QED) is 0.443. The minimum absolute atomic E-state index is 0.277. The number of nitrogens with zero attached hydrogens (tertiary/aromatic N) is 3. The molecule has 0 spiro atoms. The lowest BCUT2D eigenvalue weighted by Gasteiger charge is -2.31. The minimum atomic E-state index is 0.277. The summed E-state index contributed by atoms with van der Waals surface area (Å²) in [5.41, 5.74) is 1.76. The molecule has 25 heavy (non-hydrogen) atoms. The fourth-order valence-electron chi connectivity index (χ4n) is 3.08. The van der Waals surface area contributed by atoms with Crippen molar-refractivity contribution in [2.24, 2.45) is 16.8 Å². The molecular weight excluding hydrogens is 378 g/mol. The Hall–Kier alpha value is -1.10. The van der Waals surface area contributed by atoms with E-state index in [-0.39, 0.29) is 6.10 Å². The second kappa shape index (κ2) is 9.02. The van der Waals surface area contributed by atoms with Crippen LogP contribution in [0.15, 0.2) is 15.5 Å². The maximum Gasteiger partial charge on any atom is 0.228 e. The van der Waals surface area contributed by atoms with Crippen molar-refractivity contribution in [1.82, 2.24) is 9.88 Å². The van der Waals surface area contributed by atoms with E-state index >= 15 is 0 Å². The first kappa shape index (κ1) is 20.2. The van der Waals surface area contributed by atoms with Crippen LogP contribution in [0, 0.1) is 18.8 Å². The van der Waals surface area contributed by atoms with E-state index < -0.39 is 0 Å². The molecule has 1 aliphatic carbocycles. The molecule has 2 rings (SSSR count). The van der Waals surface area contributed by atoms with Crippen LogP contribution >= 0.6 is 15.9 Å². The van der Waals surface area contributed by atoms with Crippen molar-refractivity contribution in [3.63, 3.8) is 0 Å². The summed E-state index contributed by atoms with van der Waals surface area (Å²) in [7, 11) is 2.02. The average molecular weight is 410 g/mol. The predicted molar refractivity (Wildman–Crippen MR) is 109 cm³/mol. The van der Waals surface area contributed by atoms with Gasteiger partial charge in [0.1, 0.15) is 6.10 Å². The third-order valence-electron chi connectivity index (χ3n) is 5.24. The van der Waals surface area contributed by atoms with Gasteiger partial charge in [0.25, 0.3) is 0 Å².